The van der Waals surface area contributed by atoms with Crippen molar-refractivity contribution in [2.24, 2.45) is 0 Å². The number of hydrogen-bond donors (Lipinski definition) is 2. The van der Waals surface area contributed by atoms with Gasteiger partial charge < -0.3 is 10.2 Å². The standard InChI is InChI=1S/C18H20ClN3O3S/c1-13-12-20-10-11-22(13)18(23)14-6-8-15(9-7-14)26(24,25)21-17-5-3-2-4-16(17)19/h2-9,13,20-21H,10-12H2,1H3/t13-/m0/s1. The molecule has 0 unspecified atom stereocenters. The zero-order valence-corrected chi connectivity index (χ0v) is 15.8. The lowest BCUT2D eigenvalue weighted by atomic mass is 10.1. The molecule has 0 aliphatic carbocycles. The summed E-state index contributed by atoms with van der Waals surface area (Å²) >= 11 is 6.00. The van der Waals surface area contributed by atoms with Gasteiger partial charge in [-0.2, -0.15) is 0 Å². The molecule has 0 bridgehead atoms. The zero-order chi connectivity index (χ0) is 18.7. The summed E-state index contributed by atoms with van der Waals surface area (Å²) < 4.78 is 27.5. The van der Waals surface area contributed by atoms with Crippen molar-refractivity contribution in [3.8, 4) is 0 Å². The highest BCUT2D eigenvalue weighted by molar-refractivity contribution is 7.92. The monoisotopic (exact) mass is 393 g/mol. The van der Waals surface area contributed by atoms with E-state index in [-0.39, 0.29) is 16.8 Å². The predicted octanol–water partition coefficient (Wildman–Crippen LogP) is 2.57. The van der Waals surface area contributed by atoms with E-state index in [1.54, 1.807) is 29.2 Å². The molecule has 1 amide bonds. The second kappa shape index (κ2) is 7.65. The van der Waals surface area contributed by atoms with Crippen LogP contribution in [0.2, 0.25) is 5.02 Å². The quantitative estimate of drug-likeness (QED) is 0.836. The molecule has 1 heterocycles. The van der Waals surface area contributed by atoms with Crippen molar-refractivity contribution >= 4 is 33.2 Å². The van der Waals surface area contributed by atoms with Gasteiger partial charge in [-0.25, -0.2) is 8.42 Å². The van der Waals surface area contributed by atoms with Crippen LogP contribution in [0.15, 0.2) is 53.4 Å². The Bertz CT molecular complexity index is 900. The molecule has 1 aliphatic heterocycles. The SMILES string of the molecule is C[C@H]1CNCCN1C(=O)c1ccc(S(=O)(=O)Nc2ccccc2Cl)cc1. The van der Waals surface area contributed by atoms with Gasteiger partial charge in [-0.1, -0.05) is 23.7 Å². The van der Waals surface area contributed by atoms with E-state index in [1.165, 1.54) is 24.3 Å². The largest absolute Gasteiger partial charge is 0.333 e. The van der Waals surface area contributed by atoms with Crippen molar-refractivity contribution in [3.05, 3.63) is 59.1 Å². The number of carbonyl (C=O) groups is 1. The Morgan fingerprint density at radius 2 is 1.88 bits per heavy atom. The summed E-state index contributed by atoms with van der Waals surface area (Å²) in [6, 6.07) is 12.6. The smallest absolute Gasteiger partial charge is 0.261 e. The molecule has 0 radical (unpaired) electrons. The van der Waals surface area contributed by atoms with Crippen LogP contribution in [-0.2, 0) is 10.0 Å². The molecular weight excluding hydrogens is 374 g/mol. The Labute approximate surface area is 158 Å². The second-order valence-electron chi connectivity index (χ2n) is 6.16. The third-order valence-electron chi connectivity index (χ3n) is 4.29. The lowest BCUT2D eigenvalue weighted by Crippen LogP contribution is -2.52. The summed E-state index contributed by atoms with van der Waals surface area (Å²) in [7, 11) is -3.78. The molecule has 1 fully saturated rings. The van der Waals surface area contributed by atoms with E-state index in [0.717, 1.165) is 13.1 Å². The van der Waals surface area contributed by atoms with Crippen LogP contribution in [0.25, 0.3) is 0 Å². The highest BCUT2D eigenvalue weighted by Crippen LogP contribution is 2.24. The molecule has 8 heteroatoms. The highest BCUT2D eigenvalue weighted by atomic mass is 35.5. The molecule has 26 heavy (non-hydrogen) atoms. The van der Waals surface area contributed by atoms with E-state index in [9.17, 15) is 13.2 Å². The van der Waals surface area contributed by atoms with Crippen molar-refractivity contribution in [3.63, 3.8) is 0 Å². The van der Waals surface area contributed by atoms with Crippen LogP contribution in [0.1, 0.15) is 17.3 Å². The normalized spacial score (nSPS) is 17.8. The summed E-state index contributed by atoms with van der Waals surface area (Å²) in [5, 5.41) is 3.55. The van der Waals surface area contributed by atoms with Crippen LogP contribution in [0, 0.1) is 0 Å². The number of carbonyl (C=O) groups excluding carboxylic acids is 1. The fourth-order valence-electron chi connectivity index (χ4n) is 2.83. The molecule has 0 spiro atoms. The Hall–Kier alpha value is -2.09. The lowest BCUT2D eigenvalue weighted by Gasteiger charge is -2.34. The fraction of sp³-hybridized carbons (Fsp3) is 0.278. The second-order valence-corrected chi connectivity index (χ2v) is 8.25. The molecule has 1 atom stereocenters. The third-order valence-corrected chi connectivity index (χ3v) is 6.00. The molecule has 6 nitrogen and oxygen atoms in total. The van der Waals surface area contributed by atoms with Gasteiger partial charge in [0.1, 0.15) is 0 Å². The molecular formula is C18H20ClN3O3S. The number of benzene rings is 2. The molecule has 1 aliphatic rings. The van der Waals surface area contributed by atoms with E-state index in [1.807, 2.05) is 6.92 Å². The van der Waals surface area contributed by atoms with Gasteiger partial charge in [-0.15, -0.1) is 0 Å². The van der Waals surface area contributed by atoms with Crippen LogP contribution in [0.5, 0.6) is 0 Å². The Morgan fingerprint density at radius 1 is 1.19 bits per heavy atom. The van der Waals surface area contributed by atoms with Crippen molar-refractivity contribution in [1.82, 2.24) is 10.2 Å². The molecule has 2 aromatic rings. The number of halogens is 1. The van der Waals surface area contributed by atoms with E-state index < -0.39 is 10.0 Å². The molecule has 1 saturated heterocycles. The first-order valence-electron chi connectivity index (χ1n) is 8.27. The number of rotatable bonds is 4. The number of amides is 1. The molecule has 138 valence electrons. The van der Waals surface area contributed by atoms with Crippen LogP contribution in [-0.4, -0.2) is 44.9 Å². The molecule has 0 aromatic heterocycles. The van der Waals surface area contributed by atoms with Crippen LogP contribution >= 0.6 is 11.6 Å². The van der Waals surface area contributed by atoms with Crippen molar-refractivity contribution < 1.29 is 13.2 Å². The molecule has 3 rings (SSSR count). The highest BCUT2D eigenvalue weighted by Gasteiger charge is 2.24. The Balaban J connectivity index is 1.78. The minimum absolute atomic E-state index is 0.0716. The van der Waals surface area contributed by atoms with Gasteiger partial charge in [0.15, 0.2) is 0 Å². The molecule has 0 saturated carbocycles. The maximum atomic E-state index is 12.6. The maximum Gasteiger partial charge on any atom is 0.261 e. The first kappa shape index (κ1) is 18.7. The van der Waals surface area contributed by atoms with E-state index in [0.29, 0.717) is 22.8 Å². The van der Waals surface area contributed by atoms with Crippen molar-refractivity contribution in [1.29, 1.82) is 0 Å². The van der Waals surface area contributed by atoms with Gasteiger partial charge in [0.05, 0.1) is 15.6 Å². The van der Waals surface area contributed by atoms with Gasteiger partial charge >= 0.3 is 0 Å². The van der Waals surface area contributed by atoms with Crippen LogP contribution < -0.4 is 10.0 Å². The first-order chi connectivity index (χ1) is 12.4. The summed E-state index contributed by atoms with van der Waals surface area (Å²) in [5.41, 5.74) is 0.777. The summed E-state index contributed by atoms with van der Waals surface area (Å²) in [6.45, 7) is 4.12. The first-order valence-corrected chi connectivity index (χ1v) is 10.1. The molecule has 2 N–H and O–H groups in total. The predicted molar refractivity (Wildman–Crippen MR) is 102 cm³/mol. The minimum atomic E-state index is -3.78. The summed E-state index contributed by atoms with van der Waals surface area (Å²) in [5.74, 6) is -0.0954. The Morgan fingerprint density at radius 3 is 2.54 bits per heavy atom. The van der Waals surface area contributed by atoms with Gasteiger partial charge in [-0.05, 0) is 43.3 Å². The van der Waals surface area contributed by atoms with Crippen molar-refractivity contribution in [2.75, 3.05) is 24.4 Å². The average Bonchev–Trinajstić information content (AvgIpc) is 2.63. The zero-order valence-electron chi connectivity index (χ0n) is 14.3. The van der Waals surface area contributed by atoms with Gasteiger partial charge in [0.25, 0.3) is 15.9 Å². The number of para-hydroxylation sites is 1. The van der Waals surface area contributed by atoms with E-state index in [4.69, 9.17) is 11.6 Å². The van der Waals surface area contributed by atoms with Crippen LogP contribution in [0.3, 0.4) is 0 Å². The summed E-state index contributed by atoms with van der Waals surface area (Å²) in [4.78, 5) is 14.5. The topological polar surface area (TPSA) is 78.5 Å². The minimum Gasteiger partial charge on any atom is -0.333 e. The average molecular weight is 394 g/mol. The number of nitrogens with one attached hydrogen (secondary N) is 2. The third kappa shape index (κ3) is 4.00. The van der Waals surface area contributed by atoms with Gasteiger partial charge in [-0.3, -0.25) is 9.52 Å². The molecule has 2 aromatic carbocycles. The number of nitrogens with zero attached hydrogens (tertiary/aromatic N) is 1. The van der Waals surface area contributed by atoms with Crippen molar-refractivity contribution in [2.45, 2.75) is 17.9 Å². The summed E-state index contributed by atoms with van der Waals surface area (Å²) in [6.07, 6.45) is 0. The van der Waals surface area contributed by atoms with Gasteiger partial charge in [0.2, 0.25) is 0 Å². The fourth-order valence-corrected chi connectivity index (χ4v) is 4.15. The number of sulfonamides is 1. The number of piperazine rings is 1. The van der Waals surface area contributed by atoms with Crippen LogP contribution in [0.4, 0.5) is 5.69 Å². The maximum absolute atomic E-state index is 12.6. The number of hydrogen-bond acceptors (Lipinski definition) is 4. The Kier molecular flexibility index (Phi) is 5.50. The van der Waals surface area contributed by atoms with Gasteiger partial charge in [0, 0.05) is 31.2 Å². The lowest BCUT2D eigenvalue weighted by molar-refractivity contribution is 0.0655. The van der Waals surface area contributed by atoms with E-state index >= 15 is 0 Å². The number of anilines is 1. The van der Waals surface area contributed by atoms with E-state index in [2.05, 4.69) is 10.0 Å².